The highest BCUT2D eigenvalue weighted by atomic mass is 16.5. The fourth-order valence-corrected chi connectivity index (χ4v) is 1.53. The van der Waals surface area contributed by atoms with E-state index in [2.05, 4.69) is 0 Å². The van der Waals surface area contributed by atoms with Crippen LogP contribution in [-0.2, 0) is 9.53 Å². The Morgan fingerprint density at radius 2 is 1.94 bits per heavy atom. The molecule has 1 aromatic carbocycles. The second kappa shape index (κ2) is 5.08. The number of carbonyl (C=O) groups excluding carboxylic acids is 1. The summed E-state index contributed by atoms with van der Waals surface area (Å²) in [7, 11) is 4.86. The summed E-state index contributed by atoms with van der Waals surface area (Å²) in [6, 6.07) is 7.55. The first kappa shape index (κ1) is 13.4. The number of anilines is 1. The number of ether oxygens (including phenoxy) is 2. The van der Waals surface area contributed by atoms with Crippen molar-refractivity contribution in [1.82, 2.24) is 0 Å². The van der Waals surface area contributed by atoms with E-state index < -0.39 is 5.54 Å². The van der Waals surface area contributed by atoms with Gasteiger partial charge in [-0.15, -0.1) is 0 Å². The van der Waals surface area contributed by atoms with Crippen molar-refractivity contribution in [2.24, 2.45) is 0 Å². The first-order valence-electron chi connectivity index (χ1n) is 5.39. The van der Waals surface area contributed by atoms with E-state index in [9.17, 15) is 4.79 Å². The van der Waals surface area contributed by atoms with Gasteiger partial charge in [-0.05, 0) is 26.0 Å². The van der Waals surface area contributed by atoms with Crippen molar-refractivity contribution < 1.29 is 14.3 Å². The molecule has 0 N–H and O–H groups in total. The summed E-state index contributed by atoms with van der Waals surface area (Å²) < 4.78 is 9.96. The van der Waals surface area contributed by atoms with Crippen molar-refractivity contribution in [1.29, 1.82) is 0 Å². The van der Waals surface area contributed by atoms with Crippen LogP contribution in [0.5, 0.6) is 5.75 Å². The number of nitrogens with zero attached hydrogens (tertiary/aromatic N) is 1. The van der Waals surface area contributed by atoms with Gasteiger partial charge in [0, 0.05) is 18.8 Å². The molecular formula is C13H19NO3. The van der Waals surface area contributed by atoms with Gasteiger partial charge in [-0.3, -0.25) is 0 Å². The largest absolute Gasteiger partial charge is 0.497 e. The number of benzene rings is 1. The Morgan fingerprint density at radius 1 is 1.29 bits per heavy atom. The molecule has 0 bridgehead atoms. The van der Waals surface area contributed by atoms with Crippen molar-refractivity contribution >= 4 is 11.7 Å². The first-order chi connectivity index (χ1) is 7.93. The number of methoxy groups -OCH3 is 2. The van der Waals surface area contributed by atoms with Crippen LogP contribution in [0.2, 0.25) is 0 Å². The molecule has 4 nitrogen and oxygen atoms in total. The zero-order chi connectivity index (χ0) is 13.1. The van der Waals surface area contributed by atoms with Gasteiger partial charge in [0.05, 0.1) is 14.2 Å². The molecule has 0 unspecified atom stereocenters. The maximum Gasteiger partial charge on any atom is 0.331 e. The third-order valence-electron chi connectivity index (χ3n) is 2.96. The first-order valence-corrected chi connectivity index (χ1v) is 5.39. The second-order valence-electron chi connectivity index (χ2n) is 4.31. The molecule has 0 fully saturated rings. The van der Waals surface area contributed by atoms with Crippen LogP contribution >= 0.6 is 0 Å². The number of rotatable bonds is 4. The molecule has 0 radical (unpaired) electrons. The molecule has 0 aromatic heterocycles. The second-order valence-corrected chi connectivity index (χ2v) is 4.31. The van der Waals surface area contributed by atoms with Crippen LogP contribution in [0, 0.1) is 0 Å². The summed E-state index contributed by atoms with van der Waals surface area (Å²) in [5.41, 5.74) is 0.181. The lowest BCUT2D eigenvalue weighted by atomic mass is 10.0. The highest BCUT2D eigenvalue weighted by Gasteiger charge is 2.33. The Hall–Kier alpha value is -1.71. The minimum absolute atomic E-state index is 0.275. The van der Waals surface area contributed by atoms with Gasteiger partial charge in [0.2, 0.25) is 0 Å². The van der Waals surface area contributed by atoms with Crippen LogP contribution < -0.4 is 9.64 Å². The van der Waals surface area contributed by atoms with Gasteiger partial charge >= 0.3 is 5.97 Å². The van der Waals surface area contributed by atoms with Gasteiger partial charge < -0.3 is 14.4 Å². The molecule has 0 saturated heterocycles. The van der Waals surface area contributed by atoms with Crippen molar-refractivity contribution in [3.05, 3.63) is 24.3 Å². The maximum atomic E-state index is 11.7. The Kier molecular flexibility index (Phi) is 3.99. The van der Waals surface area contributed by atoms with Gasteiger partial charge in [0.25, 0.3) is 0 Å². The lowest BCUT2D eigenvalue weighted by molar-refractivity contribution is -0.145. The number of hydrogen-bond acceptors (Lipinski definition) is 4. The molecule has 94 valence electrons. The lowest BCUT2D eigenvalue weighted by Crippen LogP contribution is -2.48. The van der Waals surface area contributed by atoms with Gasteiger partial charge in [0.15, 0.2) is 0 Å². The molecule has 0 saturated carbocycles. The van der Waals surface area contributed by atoms with Crippen molar-refractivity contribution in [2.75, 3.05) is 26.2 Å². The molecule has 4 heteroatoms. The zero-order valence-electron chi connectivity index (χ0n) is 11.0. The fourth-order valence-electron chi connectivity index (χ4n) is 1.53. The fraction of sp³-hybridized carbons (Fsp3) is 0.462. The molecule has 0 heterocycles. The summed E-state index contributed by atoms with van der Waals surface area (Å²) in [5.74, 6) is 0.484. The van der Waals surface area contributed by atoms with Crippen LogP contribution in [0.1, 0.15) is 13.8 Å². The SMILES string of the molecule is COC(=O)C(C)(C)N(C)c1cccc(OC)c1. The predicted octanol–water partition coefficient (Wildman–Crippen LogP) is 2.08. The standard InChI is InChI=1S/C13H19NO3/c1-13(2,12(15)17-5)14(3)10-7-6-8-11(9-10)16-4/h6-9H,1-5H3. The average molecular weight is 237 g/mol. The molecule has 17 heavy (non-hydrogen) atoms. The zero-order valence-corrected chi connectivity index (χ0v) is 11.0. The van der Waals surface area contributed by atoms with Gasteiger partial charge in [0.1, 0.15) is 11.3 Å². The van der Waals surface area contributed by atoms with E-state index in [1.54, 1.807) is 7.11 Å². The summed E-state index contributed by atoms with van der Waals surface area (Å²) in [4.78, 5) is 13.6. The van der Waals surface area contributed by atoms with E-state index >= 15 is 0 Å². The molecule has 0 amide bonds. The van der Waals surface area contributed by atoms with E-state index in [0.717, 1.165) is 11.4 Å². The van der Waals surface area contributed by atoms with Crippen LogP contribution in [-0.4, -0.2) is 32.8 Å². The Labute approximate surface area is 102 Å². The summed E-state index contributed by atoms with van der Waals surface area (Å²) in [6.07, 6.45) is 0. The Bertz CT molecular complexity index is 401. The molecule has 1 aromatic rings. The van der Waals surface area contributed by atoms with Crippen molar-refractivity contribution in [2.45, 2.75) is 19.4 Å². The number of esters is 1. The highest BCUT2D eigenvalue weighted by molar-refractivity contribution is 5.84. The summed E-state index contributed by atoms with van der Waals surface area (Å²) >= 11 is 0. The van der Waals surface area contributed by atoms with Gasteiger partial charge in [-0.2, -0.15) is 0 Å². The lowest BCUT2D eigenvalue weighted by Gasteiger charge is -2.34. The molecule has 1 rings (SSSR count). The molecule has 0 spiro atoms. The van der Waals surface area contributed by atoms with Crippen LogP contribution in [0.3, 0.4) is 0 Å². The summed E-state index contributed by atoms with van der Waals surface area (Å²) in [5, 5.41) is 0. The number of likely N-dealkylation sites (N-methyl/N-ethyl adjacent to an activating group) is 1. The normalized spacial score (nSPS) is 10.9. The van der Waals surface area contributed by atoms with E-state index in [-0.39, 0.29) is 5.97 Å². The van der Waals surface area contributed by atoms with Crippen molar-refractivity contribution in [3.63, 3.8) is 0 Å². The molecule has 0 aliphatic heterocycles. The minimum atomic E-state index is -0.721. The average Bonchev–Trinajstić information content (AvgIpc) is 2.36. The smallest absolute Gasteiger partial charge is 0.331 e. The Morgan fingerprint density at radius 3 is 2.47 bits per heavy atom. The number of carbonyl (C=O) groups is 1. The monoisotopic (exact) mass is 237 g/mol. The third kappa shape index (κ3) is 2.70. The summed E-state index contributed by atoms with van der Waals surface area (Å²) in [6.45, 7) is 3.64. The molecular weight excluding hydrogens is 218 g/mol. The van der Waals surface area contributed by atoms with E-state index in [1.807, 2.05) is 50.1 Å². The molecule has 0 atom stereocenters. The van der Waals surface area contributed by atoms with Crippen molar-refractivity contribution in [3.8, 4) is 5.75 Å². The van der Waals surface area contributed by atoms with Gasteiger partial charge in [-0.25, -0.2) is 4.79 Å². The predicted molar refractivity (Wildman–Crippen MR) is 67.5 cm³/mol. The maximum absolute atomic E-state index is 11.7. The van der Waals surface area contributed by atoms with Crippen LogP contribution in [0.4, 0.5) is 5.69 Å². The number of hydrogen-bond donors (Lipinski definition) is 0. The van der Waals surface area contributed by atoms with E-state index in [1.165, 1.54) is 7.11 Å². The van der Waals surface area contributed by atoms with E-state index in [4.69, 9.17) is 9.47 Å². The molecule has 0 aliphatic carbocycles. The van der Waals surface area contributed by atoms with Gasteiger partial charge in [-0.1, -0.05) is 6.07 Å². The minimum Gasteiger partial charge on any atom is -0.497 e. The topological polar surface area (TPSA) is 38.8 Å². The third-order valence-corrected chi connectivity index (χ3v) is 2.96. The quantitative estimate of drug-likeness (QED) is 0.752. The Balaban J connectivity index is 3.02. The van der Waals surface area contributed by atoms with E-state index in [0.29, 0.717) is 0 Å². The molecule has 0 aliphatic rings. The highest BCUT2D eigenvalue weighted by Crippen LogP contribution is 2.26. The van der Waals surface area contributed by atoms with Crippen LogP contribution in [0.15, 0.2) is 24.3 Å². The van der Waals surface area contributed by atoms with Crippen LogP contribution in [0.25, 0.3) is 0 Å².